The fourth-order valence-electron chi connectivity index (χ4n) is 2.53. The monoisotopic (exact) mass is 384 g/mol. The molecule has 0 heterocycles. The number of hydrogen-bond donors (Lipinski definition) is 2. The summed E-state index contributed by atoms with van der Waals surface area (Å²) in [4.78, 5) is 12.2. The van der Waals surface area contributed by atoms with E-state index < -0.39 is 10.0 Å². The molecule has 148 valence electrons. The average molecular weight is 385 g/mol. The van der Waals surface area contributed by atoms with Crippen LogP contribution < -0.4 is 10.0 Å². The van der Waals surface area contributed by atoms with Crippen LogP contribution in [0.3, 0.4) is 0 Å². The standard InChI is InChI=1S/C19H32N2O4S/c1-3-4-5-6-7-8-9-14-20-19(22)17-10-12-18(13-11-17)26(23,24)21-15-16-25-2/h10-13,21H,3-9,14-16H2,1-2H3,(H,20,22). The van der Waals surface area contributed by atoms with Crippen molar-refractivity contribution in [3.8, 4) is 0 Å². The van der Waals surface area contributed by atoms with E-state index in [1.54, 1.807) is 0 Å². The summed E-state index contributed by atoms with van der Waals surface area (Å²) in [6.07, 6.45) is 8.39. The number of ether oxygens (including phenoxy) is 1. The zero-order valence-electron chi connectivity index (χ0n) is 15.9. The van der Waals surface area contributed by atoms with E-state index in [0.29, 0.717) is 18.7 Å². The van der Waals surface area contributed by atoms with Gasteiger partial charge in [0.25, 0.3) is 5.91 Å². The van der Waals surface area contributed by atoms with Crippen LogP contribution in [0, 0.1) is 0 Å². The van der Waals surface area contributed by atoms with E-state index in [0.717, 1.165) is 12.8 Å². The van der Waals surface area contributed by atoms with Crippen molar-refractivity contribution in [3.05, 3.63) is 29.8 Å². The number of benzene rings is 1. The highest BCUT2D eigenvalue weighted by molar-refractivity contribution is 7.89. The van der Waals surface area contributed by atoms with Gasteiger partial charge in [0.1, 0.15) is 0 Å². The van der Waals surface area contributed by atoms with Crippen LogP contribution in [0.5, 0.6) is 0 Å². The maximum Gasteiger partial charge on any atom is 0.251 e. The number of carbonyl (C=O) groups excluding carboxylic acids is 1. The highest BCUT2D eigenvalue weighted by Crippen LogP contribution is 2.11. The molecule has 1 aromatic rings. The minimum absolute atomic E-state index is 0.136. The first-order valence-corrected chi connectivity index (χ1v) is 10.9. The summed E-state index contributed by atoms with van der Waals surface area (Å²) in [7, 11) is -2.06. The Labute approximate surface area is 157 Å². The summed E-state index contributed by atoms with van der Waals surface area (Å²) in [5.41, 5.74) is 0.462. The predicted octanol–water partition coefficient (Wildman–Crippen LogP) is 3.09. The van der Waals surface area contributed by atoms with Crippen LogP contribution in [0.1, 0.15) is 62.2 Å². The normalized spacial score (nSPS) is 11.5. The third-order valence-electron chi connectivity index (χ3n) is 4.09. The minimum Gasteiger partial charge on any atom is -0.383 e. The van der Waals surface area contributed by atoms with Gasteiger partial charge in [0.2, 0.25) is 10.0 Å². The smallest absolute Gasteiger partial charge is 0.251 e. The largest absolute Gasteiger partial charge is 0.383 e. The molecule has 26 heavy (non-hydrogen) atoms. The Kier molecular flexibility index (Phi) is 11.2. The molecule has 0 aliphatic rings. The van der Waals surface area contributed by atoms with E-state index in [-0.39, 0.29) is 17.3 Å². The van der Waals surface area contributed by atoms with Gasteiger partial charge in [-0.25, -0.2) is 13.1 Å². The fourth-order valence-corrected chi connectivity index (χ4v) is 3.55. The van der Waals surface area contributed by atoms with Gasteiger partial charge in [-0.2, -0.15) is 0 Å². The first-order valence-electron chi connectivity index (χ1n) is 9.38. The third-order valence-corrected chi connectivity index (χ3v) is 5.57. The maximum atomic E-state index is 12.1. The fraction of sp³-hybridized carbons (Fsp3) is 0.632. The number of unbranched alkanes of at least 4 members (excludes halogenated alkanes) is 6. The summed E-state index contributed by atoms with van der Waals surface area (Å²) in [6.45, 7) is 3.36. The highest BCUT2D eigenvalue weighted by Gasteiger charge is 2.14. The van der Waals surface area contributed by atoms with Crippen LogP contribution in [0.25, 0.3) is 0 Å². The molecule has 2 N–H and O–H groups in total. The van der Waals surface area contributed by atoms with E-state index in [4.69, 9.17) is 4.74 Å². The first kappa shape index (κ1) is 22.6. The molecular weight excluding hydrogens is 352 g/mol. The molecule has 0 radical (unpaired) electrons. The van der Waals surface area contributed by atoms with E-state index in [2.05, 4.69) is 17.0 Å². The van der Waals surface area contributed by atoms with Crippen LogP contribution in [0.4, 0.5) is 0 Å². The molecule has 1 aromatic carbocycles. The van der Waals surface area contributed by atoms with Gasteiger partial charge in [-0.3, -0.25) is 4.79 Å². The second kappa shape index (κ2) is 12.8. The summed E-state index contributed by atoms with van der Waals surface area (Å²) < 4.78 is 31.4. The Hall–Kier alpha value is -1.44. The molecule has 1 rings (SSSR count). The molecule has 0 saturated carbocycles. The Bertz CT molecular complexity index is 615. The Morgan fingerprint density at radius 1 is 0.962 bits per heavy atom. The van der Waals surface area contributed by atoms with Gasteiger partial charge in [-0.15, -0.1) is 0 Å². The minimum atomic E-state index is -3.57. The van der Waals surface area contributed by atoms with Gasteiger partial charge in [-0.05, 0) is 30.7 Å². The molecule has 1 amide bonds. The molecule has 0 aromatic heterocycles. The zero-order chi connectivity index (χ0) is 19.3. The van der Waals surface area contributed by atoms with Crippen molar-refractivity contribution < 1.29 is 17.9 Å². The summed E-state index contributed by atoms with van der Waals surface area (Å²) in [5, 5.41) is 2.88. The van der Waals surface area contributed by atoms with Crippen LogP contribution in [0.15, 0.2) is 29.2 Å². The number of methoxy groups -OCH3 is 1. The molecule has 0 unspecified atom stereocenters. The quantitative estimate of drug-likeness (QED) is 0.483. The Morgan fingerprint density at radius 3 is 2.19 bits per heavy atom. The zero-order valence-corrected chi connectivity index (χ0v) is 16.7. The number of carbonyl (C=O) groups is 1. The number of sulfonamides is 1. The summed E-state index contributed by atoms with van der Waals surface area (Å²) in [6, 6.07) is 5.95. The summed E-state index contributed by atoms with van der Waals surface area (Å²) >= 11 is 0. The van der Waals surface area contributed by atoms with E-state index in [1.165, 1.54) is 63.5 Å². The van der Waals surface area contributed by atoms with E-state index >= 15 is 0 Å². The van der Waals surface area contributed by atoms with Crippen molar-refractivity contribution in [1.82, 2.24) is 10.0 Å². The Morgan fingerprint density at radius 2 is 1.58 bits per heavy atom. The number of nitrogens with one attached hydrogen (secondary N) is 2. The van der Waals surface area contributed by atoms with Crippen LogP contribution in [0.2, 0.25) is 0 Å². The lowest BCUT2D eigenvalue weighted by Gasteiger charge is -2.08. The van der Waals surface area contributed by atoms with Gasteiger partial charge in [-0.1, -0.05) is 45.4 Å². The molecule has 0 saturated heterocycles. The van der Waals surface area contributed by atoms with Crippen molar-refractivity contribution in [3.63, 3.8) is 0 Å². The lowest BCUT2D eigenvalue weighted by Crippen LogP contribution is -2.27. The molecule has 7 heteroatoms. The van der Waals surface area contributed by atoms with Crippen molar-refractivity contribution >= 4 is 15.9 Å². The summed E-state index contributed by atoms with van der Waals surface area (Å²) in [5.74, 6) is -0.174. The van der Waals surface area contributed by atoms with Crippen molar-refractivity contribution in [1.29, 1.82) is 0 Å². The molecule has 0 spiro atoms. The van der Waals surface area contributed by atoms with E-state index in [1.807, 2.05) is 0 Å². The second-order valence-corrected chi connectivity index (χ2v) is 8.06. The molecule has 0 fully saturated rings. The molecule has 6 nitrogen and oxygen atoms in total. The first-order chi connectivity index (χ1) is 12.5. The van der Waals surface area contributed by atoms with Crippen molar-refractivity contribution in [2.24, 2.45) is 0 Å². The van der Waals surface area contributed by atoms with Crippen LogP contribution in [-0.2, 0) is 14.8 Å². The van der Waals surface area contributed by atoms with Gasteiger partial charge in [0.05, 0.1) is 11.5 Å². The molecule has 0 bridgehead atoms. The number of rotatable bonds is 14. The number of amides is 1. The molecule has 0 aliphatic carbocycles. The van der Waals surface area contributed by atoms with Gasteiger partial charge in [0, 0.05) is 25.8 Å². The topological polar surface area (TPSA) is 84.5 Å². The molecule has 0 aliphatic heterocycles. The van der Waals surface area contributed by atoms with Crippen molar-refractivity contribution in [2.75, 3.05) is 26.8 Å². The van der Waals surface area contributed by atoms with Gasteiger partial charge < -0.3 is 10.1 Å². The SMILES string of the molecule is CCCCCCCCCNC(=O)c1ccc(S(=O)(=O)NCCOC)cc1. The average Bonchev–Trinajstić information content (AvgIpc) is 2.64. The van der Waals surface area contributed by atoms with Crippen LogP contribution in [-0.4, -0.2) is 41.1 Å². The third kappa shape index (κ3) is 8.78. The van der Waals surface area contributed by atoms with Gasteiger partial charge >= 0.3 is 0 Å². The Balaban J connectivity index is 2.35. The van der Waals surface area contributed by atoms with E-state index in [9.17, 15) is 13.2 Å². The van der Waals surface area contributed by atoms with Gasteiger partial charge in [0.15, 0.2) is 0 Å². The molecule has 0 atom stereocenters. The molecular formula is C19H32N2O4S. The highest BCUT2D eigenvalue weighted by atomic mass is 32.2. The number of hydrogen-bond acceptors (Lipinski definition) is 4. The maximum absolute atomic E-state index is 12.1. The lowest BCUT2D eigenvalue weighted by molar-refractivity contribution is 0.0953. The van der Waals surface area contributed by atoms with Crippen molar-refractivity contribution in [2.45, 2.75) is 56.8 Å². The predicted molar refractivity (Wildman–Crippen MR) is 104 cm³/mol. The van der Waals surface area contributed by atoms with Crippen LogP contribution >= 0.6 is 0 Å². The second-order valence-electron chi connectivity index (χ2n) is 6.29. The lowest BCUT2D eigenvalue weighted by atomic mass is 10.1.